The predicted octanol–water partition coefficient (Wildman–Crippen LogP) is 1.85. The van der Waals surface area contributed by atoms with Gasteiger partial charge in [-0.3, -0.25) is 0 Å². The molecule has 0 saturated heterocycles. The van der Waals surface area contributed by atoms with E-state index < -0.39 is 10.0 Å². The Kier molecular flexibility index (Phi) is 4.96. The third kappa shape index (κ3) is 4.04. The Morgan fingerprint density at radius 2 is 2.24 bits per heavy atom. The number of nitrogens with one attached hydrogen (secondary N) is 2. The van der Waals surface area contributed by atoms with Crippen molar-refractivity contribution in [2.75, 3.05) is 6.54 Å². The monoisotopic (exact) mass is 324 g/mol. The molecule has 0 fully saturated rings. The number of aryl methyl sites for hydroxylation is 1. The average molecular weight is 325 g/mol. The number of halogens is 1. The van der Waals surface area contributed by atoms with Crippen molar-refractivity contribution in [2.24, 2.45) is 0 Å². The zero-order valence-corrected chi connectivity index (χ0v) is 12.6. The molecule has 1 aromatic carbocycles. The highest BCUT2D eigenvalue weighted by Gasteiger charge is 2.17. The number of rotatable bonds is 6. The summed E-state index contributed by atoms with van der Waals surface area (Å²) in [6.45, 7) is 0.277. The van der Waals surface area contributed by atoms with Crippen LogP contribution in [0.4, 0.5) is 0 Å². The van der Waals surface area contributed by atoms with Gasteiger partial charge < -0.3 is 4.98 Å². The Morgan fingerprint density at radius 1 is 1.43 bits per heavy atom. The molecule has 1 aromatic heterocycles. The molecule has 2 N–H and O–H groups in total. The average Bonchev–Trinajstić information content (AvgIpc) is 2.96. The van der Waals surface area contributed by atoms with Gasteiger partial charge in [-0.2, -0.15) is 5.26 Å². The van der Waals surface area contributed by atoms with Crippen LogP contribution in [0.3, 0.4) is 0 Å². The predicted molar refractivity (Wildman–Crippen MR) is 78.3 cm³/mol. The van der Waals surface area contributed by atoms with Crippen LogP contribution in [0.1, 0.15) is 17.8 Å². The fourth-order valence-electron chi connectivity index (χ4n) is 1.76. The molecule has 0 aliphatic rings. The zero-order valence-electron chi connectivity index (χ0n) is 11.0. The molecule has 6 nitrogen and oxygen atoms in total. The summed E-state index contributed by atoms with van der Waals surface area (Å²) in [5.74, 6) is 0.811. The molecule has 0 spiro atoms. The van der Waals surface area contributed by atoms with Gasteiger partial charge in [0.25, 0.3) is 0 Å². The summed E-state index contributed by atoms with van der Waals surface area (Å²) in [5, 5.41) is 8.77. The molecular weight excluding hydrogens is 312 g/mol. The summed E-state index contributed by atoms with van der Waals surface area (Å²) in [6, 6.07) is 5.99. The summed E-state index contributed by atoms with van der Waals surface area (Å²) < 4.78 is 26.7. The zero-order chi connectivity index (χ0) is 15.3. The number of nitriles is 1. The van der Waals surface area contributed by atoms with Gasteiger partial charge in [0, 0.05) is 25.4 Å². The van der Waals surface area contributed by atoms with Gasteiger partial charge in [0.05, 0.1) is 16.7 Å². The van der Waals surface area contributed by atoms with Crippen LogP contribution in [0.2, 0.25) is 5.02 Å². The van der Waals surface area contributed by atoms with Gasteiger partial charge in [-0.15, -0.1) is 0 Å². The number of benzene rings is 1. The van der Waals surface area contributed by atoms with Crippen LogP contribution < -0.4 is 4.72 Å². The maximum absolute atomic E-state index is 12.1. The highest BCUT2D eigenvalue weighted by Crippen LogP contribution is 2.22. The van der Waals surface area contributed by atoms with Crippen LogP contribution in [0.5, 0.6) is 0 Å². The Morgan fingerprint density at radius 3 is 2.86 bits per heavy atom. The lowest BCUT2D eigenvalue weighted by Crippen LogP contribution is -2.25. The molecule has 0 saturated carbocycles. The molecule has 0 aliphatic heterocycles. The molecule has 0 bridgehead atoms. The summed E-state index contributed by atoms with van der Waals surface area (Å²) >= 11 is 5.90. The van der Waals surface area contributed by atoms with Crippen molar-refractivity contribution < 1.29 is 8.42 Å². The van der Waals surface area contributed by atoms with E-state index in [0.717, 1.165) is 5.82 Å². The number of H-pyrrole nitrogens is 1. The smallest absolute Gasteiger partial charge is 0.242 e. The molecule has 0 atom stereocenters. The van der Waals surface area contributed by atoms with E-state index in [4.69, 9.17) is 16.9 Å². The number of aromatic nitrogens is 2. The first-order chi connectivity index (χ1) is 10.0. The van der Waals surface area contributed by atoms with Crippen LogP contribution in [0.15, 0.2) is 35.5 Å². The van der Waals surface area contributed by atoms with Crippen molar-refractivity contribution in [1.29, 1.82) is 5.26 Å². The topological polar surface area (TPSA) is 98.6 Å². The minimum atomic E-state index is -3.68. The van der Waals surface area contributed by atoms with Crippen molar-refractivity contribution in [2.45, 2.75) is 17.7 Å². The van der Waals surface area contributed by atoms with Crippen molar-refractivity contribution in [1.82, 2.24) is 14.7 Å². The van der Waals surface area contributed by atoms with Crippen LogP contribution in [0, 0.1) is 11.3 Å². The molecule has 0 unspecified atom stereocenters. The Balaban J connectivity index is 1.97. The van der Waals surface area contributed by atoms with Crippen LogP contribution in [-0.2, 0) is 16.4 Å². The highest BCUT2D eigenvalue weighted by molar-refractivity contribution is 7.89. The fourth-order valence-corrected chi connectivity index (χ4v) is 3.38. The van der Waals surface area contributed by atoms with Crippen LogP contribution in [0.25, 0.3) is 0 Å². The normalized spacial score (nSPS) is 11.2. The minimum absolute atomic E-state index is 0.0267. The Hall–Kier alpha value is -1.88. The second-order valence-corrected chi connectivity index (χ2v) is 6.44. The van der Waals surface area contributed by atoms with Crippen LogP contribution >= 0.6 is 11.6 Å². The lowest BCUT2D eigenvalue weighted by Gasteiger charge is -2.08. The SMILES string of the molecule is N#Cc1ccc(S(=O)(=O)NCCCc2ncc[nH]2)c(Cl)c1. The molecule has 110 valence electrons. The number of hydrogen-bond acceptors (Lipinski definition) is 4. The van der Waals surface area contributed by atoms with Crippen LogP contribution in [-0.4, -0.2) is 24.9 Å². The van der Waals surface area contributed by atoms with Crippen molar-refractivity contribution in [3.05, 3.63) is 47.0 Å². The lowest BCUT2D eigenvalue weighted by atomic mass is 10.2. The molecule has 0 radical (unpaired) electrons. The van der Waals surface area contributed by atoms with E-state index >= 15 is 0 Å². The largest absolute Gasteiger partial charge is 0.349 e. The number of imidazole rings is 1. The van der Waals surface area contributed by atoms with E-state index in [1.54, 1.807) is 12.4 Å². The Labute approximate surface area is 127 Å². The molecule has 0 aliphatic carbocycles. The molecule has 21 heavy (non-hydrogen) atoms. The lowest BCUT2D eigenvalue weighted by molar-refractivity contribution is 0.578. The highest BCUT2D eigenvalue weighted by atomic mass is 35.5. The molecule has 1 heterocycles. The van der Waals surface area contributed by atoms with Gasteiger partial charge in [-0.25, -0.2) is 18.1 Å². The number of aromatic amines is 1. The first-order valence-electron chi connectivity index (χ1n) is 6.20. The number of nitrogens with zero attached hydrogens (tertiary/aromatic N) is 2. The second-order valence-electron chi connectivity index (χ2n) is 4.29. The van der Waals surface area contributed by atoms with E-state index in [-0.39, 0.29) is 16.5 Å². The standard InChI is InChI=1S/C13H13ClN4O2S/c14-11-8-10(9-15)3-4-12(11)21(19,20)18-5-1-2-13-16-6-7-17-13/h3-4,6-8,18H,1-2,5H2,(H,16,17). The Bertz CT molecular complexity index is 751. The maximum Gasteiger partial charge on any atom is 0.242 e. The second kappa shape index (κ2) is 6.72. The summed E-state index contributed by atoms with van der Waals surface area (Å²) in [5.41, 5.74) is 0.316. The third-order valence-electron chi connectivity index (χ3n) is 2.79. The molecular formula is C13H13ClN4O2S. The fraction of sp³-hybridized carbons (Fsp3) is 0.231. The van der Waals surface area contributed by atoms with E-state index in [0.29, 0.717) is 18.4 Å². The molecule has 2 rings (SSSR count). The van der Waals surface area contributed by atoms with Gasteiger partial charge in [0.15, 0.2) is 0 Å². The summed E-state index contributed by atoms with van der Waals surface area (Å²) in [7, 11) is -3.68. The third-order valence-corrected chi connectivity index (χ3v) is 4.73. The van der Waals surface area contributed by atoms with Gasteiger partial charge in [0.2, 0.25) is 10.0 Å². The van der Waals surface area contributed by atoms with Crippen molar-refractivity contribution in [3.63, 3.8) is 0 Å². The van der Waals surface area contributed by atoms with E-state index in [1.807, 2.05) is 6.07 Å². The van der Waals surface area contributed by atoms with Gasteiger partial charge in [-0.05, 0) is 24.6 Å². The quantitative estimate of drug-likeness (QED) is 0.792. The maximum atomic E-state index is 12.1. The first-order valence-corrected chi connectivity index (χ1v) is 8.06. The summed E-state index contributed by atoms with van der Waals surface area (Å²) in [6.07, 6.45) is 4.63. The van der Waals surface area contributed by atoms with Gasteiger partial charge >= 0.3 is 0 Å². The summed E-state index contributed by atoms with van der Waals surface area (Å²) in [4.78, 5) is 6.98. The number of hydrogen-bond donors (Lipinski definition) is 2. The van der Waals surface area contributed by atoms with E-state index in [9.17, 15) is 8.42 Å². The first kappa shape index (κ1) is 15.5. The minimum Gasteiger partial charge on any atom is -0.349 e. The van der Waals surface area contributed by atoms with Gasteiger partial charge in [-0.1, -0.05) is 11.6 Å². The number of sulfonamides is 1. The van der Waals surface area contributed by atoms with Gasteiger partial charge in [0.1, 0.15) is 10.7 Å². The molecule has 8 heteroatoms. The van der Waals surface area contributed by atoms with E-state index in [2.05, 4.69) is 14.7 Å². The van der Waals surface area contributed by atoms with E-state index in [1.165, 1.54) is 18.2 Å². The molecule has 2 aromatic rings. The molecule has 0 amide bonds. The van der Waals surface area contributed by atoms with Crippen molar-refractivity contribution >= 4 is 21.6 Å². The van der Waals surface area contributed by atoms with Crippen molar-refractivity contribution in [3.8, 4) is 6.07 Å².